The van der Waals surface area contributed by atoms with Gasteiger partial charge in [-0.3, -0.25) is 4.90 Å². The molecule has 1 aliphatic rings. The van der Waals surface area contributed by atoms with Crippen LogP contribution in [0.25, 0.3) is 0 Å². The van der Waals surface area contributed by atoms with Crippen molar-refractivity contribution in [2.45, 2.75) is 13.0 Å². The van der Waals surface area contributed by atoms with E-state index < -0.39 is 0 Å². The summed E-state index contributed by atoms with van der Waals surface area (Å²) in [6.45, 7) is 6.17. The Bertz CT molecular complexity index is 580. The molecular weight excluding hydrogens is 302 g/mol. The first-order valence-corrected chi connectivity index (χ1v) is 8.60. The first kappa shape index (κ1) is 16.8. The number of benzene rings is 2. The molecular formula is C20H25NO3. The van der Waals surface area contributed by atoms with Gasteiger partial charge in [0.15, 0.2) is 0 Å². The predicted octanol–water partition coefficient (Wildman–Crippen LogP) is 3.37. The first-order chi connectivity index (χ1) is 11.9. The summed E-state index contributed by atoms with van der Waals surface area (Å²) in [4.78, 5) is 2.42. The van der Waals surface area contributed by atoms with Crippen LogP contribution >= 0.6 is 0 Å². The highest BCUT2D eigenvalue weighted by atomic mass is 16.5. The van der Waals surface area contributed by atoms with Crippen molar-refractivity contribution in [2.75, 3.05) is 39.5 Å². The second-order valence-electron chi connectivity index (χ2n) is 5.90. The Morgan fingerprint density at radius 1 is 0.833 bits per heavy atom. The lowest BCUT2D eigenvalue weighted by Crippen LogP contribution is -2.37. The number of hydrogen-bond acceptors (Lipinski definition) is 4. The number of ether oxygens (including phenoxy) is 3. The molecule has 0 bridgehead atoms. The molecule has 0 aliphatic carbocycles. The topological polar surface area (TPSA) is 30.9 Å². The van der Waals surface area contributed by atoms with E-state index >= 15 is 0 Å². The van der Waals surface area contributed by atoms with Gasteiger partial charge in [-0.15, -0.1) is 0 Å². The molecule has 0 unspecified atom stereocenters. The fourth-order valence-electron chi connectivity index (χ4n) is 2.68. The highest BCUT2D eigenvalue weighted by Gasteiger charge is 2.09. The second-order valence-corrected chi connectivity index (χ2v) is 5.90. The summed E-state index contributed by atoms with van der Waals surface area (Å²) in [5.74, 6) is 1.75. The van der Waals surface area contributed by atoms with Crippen LogP contribution in [0, 0.1) is 0 Å². The van der Waals surface area contributed by atoms with Gasteiger partial charge in [0.1, 0.15) is 18.1 Å². The molecule has 2 aromatic carbocycles. The van der Waals surface area contributed by atoms with Crippen molar-refractivity contribution < 1.29 is 14.2 Å². The third-order valence-electron chi connectivity index (χ3n) is 4.06. The minimum atomic E-state index is 0.584. The summed E-state index contributed by atoms with van der Waals surface area (Å²) in [7, 11) is 0. The Morgan fingerprint density at radius 2 is 1.50 bits per heavy atom. The fourth-order valence-corrected chi connectivity index (χ4v) is 2.68. The van der Waals surface area contributed by atoms with Gasteiger partial charge in [0.25, 0.3) is 0 Å². The van der Waals surface area contributed by atoms with E-state index in [9.17, 15) is 0 Å². The minimum Gasteiger partial charge on any atom is -0.494 e. The van der Waals surface area contributed by atoms with Crippen LogP contribution in [-0.4, -0.2) is 44.4 Å². The third kappa shape index (κ3) is 5.55. The molecule has 1 fully saturated rings. The van der Waals surface area contributed by atoms with E-state index in [1.807, 2.05) is 42.5 Å². The van der Waals surface area contributed by atoms with E-state index in [4.69, 9.17) is 14.2 Å². The third-order valence-corrected chi connectivity index (χ3v) is 4.06. The van der Waals surface area contributed by atoms with Gasteiger partial charge in [0.2, 0.25) is 0 Å². The number of rotatable bonds is 8. The van der Waals surface area contributed by atoms with Crippen molar-refractivity contribution in [3.8, 4) is 11.5 Å². The van der Waals surface area contributed by atoms with Gasteiger partial charge >= 0.3 is 0 Å². The zero-order valence-corrected chi connectivity index (χ0v) is 14.0. The van der Waals surface area contributed by atoms with Crippen LogP contribution < -0.4 is 9.47 Å². The smallest absolute Gasteiger partial charge is 0.120 e. The van der Waals surface area contributed by atoms with E-state index in [0.717, 1.165) is 57.4 Å². The van der Waals surface area contributed by atoms with E-state index in [2.05, 4.69) is 17.0 Å². The van der Waals surface area contributed by atoms with Crippen molar-refractivity contribution in [2.24, 2.45) is 0 Å². The van der Waals surface area contributed by atoms with Crippen LogP contribution in [-0.2, 0) is 11.3 Å². The van der Waals surface area contributed by atoms with Crippen LogP contribution in [0.1, 0.15) is 12.0 Å². The molecule has 0 atom stereocenters. The normalized spacial score (nSPS) is 15.2. The summed E-state index contributed by atoms with van der Waals surface area (Å²) < 4.78 is 16.9. The standard InChI is InChI=1S/C20H25NO3/c1-2-5-18(6-3-1)17-24-20-9-7-19(8-10-20)23-14-4-11-21-12-15-22-16-13-21/h1-3,5-10H,4,11-17H2. The largest absolute Gasteiger partial charge is 0.494 e. The number of hydrogen-bond donors (Lipinski definition) is 0. The summed E-state index contributed by atoms with van der Waals surface area (Å²) in [6, 6.07) is 18.0. The highest BCUT2D eigenvalue weighted by molar-refractivity contribution is 5.31. The Labute approximate surface area is 144 Å². The van der Waals surface area contributed by atoms with E-state index in [0.29, 0.717) is 6.61 Å². The molecule has 128 valence electrons. The van der Waals surface area contributed by atoms with E-state index in [1.165, 1.54) is 5.56 Å². The summed E-state index contributed by atoms with van der Waals surface area (Å²) in [5, 5.41) is 0. The highest BCUT2D eigenvalue weighted by Crippen LogP contribution is 2.19. The fraction of sp³-hybridized carbons (Fsp3) is 0.400. The summed E-state index contributed by atoms with van der Waals surface area (Å²) >= 11 is 0. The molecule has 0 radical (unpaired) electrons. The Morgan fingerprint density at radius 3 is 2.21 bits per heavy atom. The molecule has 1 saturated heterocycles. The number of nitrogens with zero attached hydrogens (tertiary/aromatic N) is 1. The van der Waals surface area contributed by atoms with Crippen LogP contribution in [0.3, 0.4) is 0 Å². The molecule has 1 heterocycles. The molecule has 0 spiro atoms. The van der Waals surface area contributed by atoms with Crippen LogP contribution in [0.5, 0.6) is 11.5 Å². The SMILES string of the molecule is c1ccc(COc2ccc(OCCCN3CCOCC3)cc2)cc1. The second kappa shape index (κ2) is 9.30. The summed E-state index contributed by atoms with van der Waals surface area (Å²) in [5.41, 5.74) is 1.17. The van der Waals surface area contributed by atoms with E-state index in [1.54, 1.807) is 0 Å². The van der Waals surface area contributed by atoms with Crippen molar-refractivity contribution in [1.82, 2.24) is 4.90 Å². The van der Waals surface area contributed by atoms with Gasteiger partial charge in [-0.1, -0.05) is 30.3 Å². The molecule has 24 heavy (non-hydrogen) atoms. The Balaban J connectivity index is 1.35. The maximum absolute atomic E-state index is 5.80. The van der Waals surface area contributed by atoms with Gasteiger partial charge in [-0.25, -0.2) is 0 Å². The average molecular weight is 327 g/mol. The lowest BCUT2D eigenvalue weighted by molar-refractivity contribution is 0.0358. The maximum Gasteiger partial charge on any atom is 0.120 e. The molecule has 0 saturated carbocycles. The molecule has 3 rings (SSSR count). The Hall–Kier alpha value is -2.04. The molecule has 0 N–H and O–H groups in total. The zero-order chi connectivity index (χ0) is 16.5. The molecule has 0 amide bonds. The van der Waals surface area contributed by atoms with Crippen molar-refractivity contribution >= 4 is 0 Å². The van der Waals surface area contributed by atoms with Crippen LogP contribution in [0.2, 0.25) is 0 Å². The molecule has 4 nitrogen and oxygen atoms in total. The van der Waals surface area contributed by atoms with Crippen molar-refractivity contribution in [3.63, 3.8) is 0 Å². The summed E-state index contributed by atoms with van der Waals surface area (Å²) in [6.07, 6.45) is 1.03. The lowest BCUT2D eigenvalue weighted by atomic mass is 10.2. The van der Waals surface area contributed by atoms with Crippen molar-refractivity contribution in [1.29, 1.82) is 0 Å². The minimum absolute atomic E-state index is 0.584. The molecule has 0 aromatic heterocycles. The van der Waals surface area contributed by atoms with Gasteiger partial charge in [-0.05, 0) is 36.2 Å². The van der Waals surface area contributed by atoms with E-state index in [-0.39, 0.29) is 0 Å². The monoisotopic (exact) mass is 327 g/mol. The van der Waals surface area contributed by atoms with Gasteiger partial charge in [-0.2, -0.15) is 0 Å². The first-order valence-electron chi connectivity index (χ1n) is 8.60. The van der Waals surface area contributed by atoms with Crippen LogP contribution in [0.4, 0.5) is 0 Å². The molecule has 4 heteroatoms. The number of morpholine rings is 1. The van der Waals surface area contributed by atoms with Crippen LogP contribution in [0.15, 0.2) is 54.6 Å². The van der Waals surface area contributed by atoms with Gasteiger partial charge in [0, 0.05) is 19.6 Å². The molecule has 2 aromatic rings. The van der Waals surface area contributed by atoms with Gasteiger partial charge < -0.3 is 14.2 Å². The van der Waals surface area contributed by atoms with Crippen molar-refractivity contribution in [3.05, 3.63) is 60.2 Å². The quantitative estimate of drug-likeness (QED) is 0.696. The van der Waals surface area contributed by atoms with Gasteiger partial charge in [0.05, 0.1) is 19.8 Å². The average Bonchev–Trinajstić information content (AvgIpc) is 2.66. The predicted molar refractivity (Wildman–Crippen MR) is 94.6 cm³/mol. The molecule has 1 aliphatic heterocycles. The maximum atomic E-state index is 5.80. The zero-order valence-electron chi connectivity index (χ0n) is 14.0. The Kier molecular flexibility index (Phi) is 6.51. The lowest BCUT2D eigenvalue weighted by Gasteiger charge is -2.26.